The zero-order chi connectivity index (χ0) is 13.0. The molecule has 1 unspecified atom stereocenters. The van der Waals surface area contributed by atoms with Gasteiger partial charge in [-0.2, -0.15) is 0 Å². The summed E-state index contributed by atoms with van der Waals surface area (Å²) in [5.74, 6) is 7.07. The van der Waals surface area contributed by atoms with Crippen molar-refractivity contribution in [2.45, 2.75) is 39.7 Å². The van der Waals surface area contributed by atoms with E-state index in [0.29, 0.717) is 6.04 Å². The maximum atomic E-state index is 5.89. The molecule has 1 aromatic carbocycles. The SMILES string of the molecule is CC#CCNC1CCCOc2c(C)cc(C)cc21. The van der Waals surface area contributed by atoms with E-state index >= 15 is 0 Å². The maximum Gasteiger partial charge on any atom is 0.126 e. The Kier molecular flexibility index (Phi) is 4.28. The number of benzene rings is 1. The second kappa shape index (κ2) is 5.93. The molecule has 1 N–H and O–H groups in total. The minimum absolute atomic E-state index is 0.363. The molecule has 1 aromatic rings. The van der Waals surface area contributed by atoms with E-state index in [9.17, 15) is 0 Å². The molecular formula is C16H21NO. The lowest BCUT2D eigenvalue weighted by atomic mass is 9.97. The van der Waals surface area contributed by atoms with Crippen LogP contribution in [-0.4, -0.2) is 13.2 Å². The number of aryl methyl sites for hydroxylation is 2. The minimum Gasteiger partial charge on any atom is -0.493 e. The molecule has 1 aliphatic heterocycles. The summed E-state index contributed by atoms with van der Waals surface area (Å²) in [6.45, 7) is 7.70. The van der Waals surface area contributed by atoms with Crippen LogP contribution in [0.15, 0.2) is 12.1 Å². The molecule has 1 heterocycles. The van der Waals surface area contributed by atoms with Crippen LogP contribution in [-0.2, 0) is 0 Å². The van der Waals surface area contributed by atoms with E-state index in [4.69, 9.17) is 4.74 Å². The average Bonchev–Trinajstić information content (AvgIpc) is 2.53. The standard InChI is InChI=1S/C16H21NO/c1-4-5-8-17-15-7-6-9-18-16-13(3)10-12(2)11-14(15)16/h10-11,15,17H,6-9H2,1-3H3. The van der Waals surface area contributed by atoms with E-state index in [1.165, 1.54) is 16.7 Å². The van der Waals surface area contributed by atoms with Crippen molar-refractivity contribution in [3.8, 4) is 17.6 Å². The molecule has 18 heavy (non-hydrogen) atoms. The highest BCUT2D eigenvalue weighted by Crippen LogP contribution is 2.34. The van der Waals surface area contributed by atoms with Crippen molar-refractivity contribution in [2.75, 3.05) is 13.2 Å². The highest BCUT2D eigenvalue weighted by Gasteiger charge is 2.20. The minimum atomic E-state index is 0.363. The monoisotopic (exact) mass is 243 g/mol. The first-order chi connectivity index (χ1) is 8.72. The van der Waals surface area contributed by atoms with Crippen LogP contribution in [0.5, 0.6) is 5.75 Å². The fraction of sp³-hybridized carbons (Fsp3) is 0.500. The van der Waals surface area contributed by atoms with E-state index in [-0.39, 0.29) is 0 Å². The fourth-order valence-electron chi connectivity index (χ4n) is 2.54. The van der Waals surface area contributed by atoms with Crippen LogP contribution < -0.4 is 10.1 Å². The second-order valence-electron chi connectivity index (χ2n) is 4.85. The van der Waals surface area contributed by atoms with Crippen LogP contribution in [0.4, 0.5) is 0 Å². The van der Waals surface area contributed by atoms with Gasteiger partial charge in [-0.25, -0.2) is 0 Å². The molecule has 0 radical (unpaired) electrons. The van der Waals surface area contributed by atoms with Gasteiger partial charge in [0.1, 0.15) is 5.75 Å². The molecular weight excluding hydrogens is 222 g/mol. The molecule has 2 rings (SSSR count). The van der Waals surface area contributed by atoms with Gasteiger partial charge >= 0.3 is 0 Å². The van der Waals surface area contributed by atoms with Crippen molar-refractivity contribution < 1.29 is 4.74 Å². The lowest BCUT2D eigenvalue weighted by Crippen LogP contribution is -2.21. The van der Waals surface area contributed by atoms with E-state index < -0.39 is 0 Å². The summed E-state index contributed by atoms with van der Waals surface area (Å²) in [5, 5.41) is 3.52. The highest BCUT2D eigenvalue weighted by molar-refractivity contribution is 5.46. The summed E-state index contributed by atoms with van der Waals surface area (Å²) >= 11 is 0. The molecule has 0 amide bonds. The largest absolute Gasteiger partial charge is 0.493 e. The Balaban J connectivity index is 2.30. The predicted molar refractivity (Wildman–Crippen MR) is 74.8 cm³/mol. The molecule has 0 saturated carbocycles. The second-order valence-corrected chi connectivity index (χ2v) is 4.85. The lowest BCUT2D eigenvalue weighted by Gasteiger charge is -2.19. The van der Waals surface area contributed by atoms with E-state index in [0.717, 1.165) is 31.7 Å². The van der Waals surface area contributed by atoms with Crippen molar-refractivity contribution >= 4 is 0 Å². The summed E-state index contributed by atoms with van der Waals surface area (Å²) in [5.41, 5.74) is 3.83. The summed E-state index contributed by atoms with van der Waals surface area (Å²) < 4.78 is 5.89. The number of nitrogens with one attached hydrogen (secondary N) is 1. The number of fused-ring (bicyclic) bond motifs is 1. The molecule has 1 aliphatic rings. The zero-order valence-corrected chi connectivity index (χ0v) is 11.5. The van der Waals surface area contributed by atoms with Crippen LogP contribution in [0, 0.1) is 25.7 Å². The van der Waals surface area contributed by atoms with Crippen molar-refractivity contribution in [3.63, 3.8) is 0 Å². The van der Waals surface area contributed by atoms with E-state index in [1.807, 2.05) is 6.92 Å². The molecule has 0 spiro atoms. The van der Waals surface area contributed by atoms with Crippen LogP contribution in [0.25, 0.3) is 0 Å². The van der Waals surface area contributed by atoms with Gasteiger partial charge in [-0.15, -0.1) is 5.92 Å². The van der Waals surface area contributed by atoms with Crippen molar-refractivity contribution in [2.24, 2.45) is 0 Å². The molecule has 1 atom stereocenters. The fourth-order valence-corrected chi connectivity index (χ4v) is 2.54. The molecule has 0 saturated heterocycles. The summed E-state index contributed by atoms with van der Waals surface area (Å²) in [6.07, 6.45) is 2.20. The van der Waals surface area contributed by atoms with Gasteiger partial charge in [0.25, 0.3) is 0 Å². The van der Waals surface area contributed by atoms with Gasteiger partial charge in [0.05, 0.1) is 13.2 Å². The Bertz CT molecular complexity index is 482. The molecule has 0 bridgehead atoms. The Morgan fingerprint density at radius 3 is 3.00 bits per heavy atom. The first kappa shape index (κ1) is 13.0. The maximum absolute atomic E-state index is 5.89. The van der Waals surface area contributed by atoms with Gasteiger partial charge in [0.15, 0.2) is 0 Å². The third-order valence-corrected chi connectivity index (χ3v) is 3.32. The Hall–Kier alpha value is -1.46. The van der Waals surface area contributed by atoms with E-state index in [2.05, 4.69) is 43.1 Å². The Morgan fingerprint density at radius 2 is 2.22 bits per heavy atom. The third-order valence-electron chi connectivity index (χ3n) is 3.32. The molecule has 2 nitrogen and oxygen atoms in total. The van der Waals surface area contributed by atoms with Gasteiger partial charge in [-0.1, -0.05) is 23.6 Å². The van der Waals surface area contributed by atoms with Gasteiger partial charge in [-0.05, 0) is 39.2 Å². The predicted octanol–water partition coefficient (Wildman–Crippen LogP) is 3.13. The van der Waals surface area contributed by atoms with Gasteiger partial charge in [0.2, 0.25) is 0 Å². The normalized spacial score (nSPS) is 18.1. The van der Waals surface area contributed by atoms with Crippen LogP contribution >= 0.6 is 0 Å². The van der Waals surface area contributed by atoms with Gasteiger partial charge in [0, 0.05) is 11.6 Å². The van der Waals surface area contributed by atoms with Crippen molar-refractivity contribution in [3.05, 3.63) is 28.8 Å². The van der Waals surface area contributed by atoms with Crippen LogP contribution in [0.1, 0.15) is 42.5 Å². The van der Waals surface area contributed by atoms with Crippen LogP contribution in [0.2, 0.25) is 0 Å². The first-order valence-corrected chi connectivity index (χ1v) is 6.59. The van der Waals surface area contributed by atoms with Crippen LogP contribution in [0.3, 0.4) is 0 Å². The topological polar surface area (TPSA) is 21.3 Å². The quantitative estimate of drug-likeness (QED) is 0.806. The number of rotatable bonds is 2. The Morgan fingerprint density at radius 1 is 1.39 bits per heavy atom. The molecule has 96 valence electrons. The van der Waals surface area contributed by atoms with Gasteiger partial charge < -0.3 is 4.74 Å². The van der Waals surface area contributed by atoms with Crippen molar-refractivity contribution in [1.82, 2.24) is 5.32 Å². The molecule has 0 aromatic heterocycles. The smallest absolute Gasteiger partial charge is 0.126 e. The summed E-state index contributed by atoms with van der Waals surface area (Å²) in [6, 6.07) is 4.79. The zero-order valence-electron chi connectivity index (χ0n) is 11.5. The third kappa shape index (κ3) is 2.86. The number of ether oxygens (including phenoxy) is 1. The molecule has 0 fully saturated rings. The molecule has 0 aliphatic carbocycles. The Labute approximate surface area is 110 Å². The van der Waals surface area contributed by atoms with Gasteiger partial charge in [-0.3, -0.25) is 5.32 Å². The number of hydrogen-bond donors (Lipinski definition) is 1. The first-order valence-electron chi connectivity index (χ1n) is 6.59. The molecule has 2 heteroatoms. The average molecular weight is 243 g/mol. The van der Waals surface area contributed by atoms with Crippen molar-refractivity contribution in [1.29, 1.82) is 0 Å². The summed E-state index contributed by atoms with van der Waals surface area (Å²) in [7, 11) is 0. The lowest BCUT2D eigenvalue weighted by molar-refractivity contribution is 0.313. The van der Waals surface area contributed by atoms with E-state index in [1.54, 1.807) is 0 Å². The highest BCUT2D eigenvalue weighted by atomic mass is 16.5. The number of hydrogen-bond acceptors (Lipinski definition) is 2. The summed E-state index contributed by atoms with van der Waals surface area (Å²) in [4.78, 5) is 0.